The molecule has 1 heterocycles. The van der Waals surface area contributed by atoms with Crippen LogP contribution in [0.2, 0.25) is 0 Å². The first-order chi connectivity index (χ1) is 6.74. The first kappa shape index (κ1) is 15.7. The smallest absolute Gasteiger partial charge is 0.121 e. The molecule has 14 heavy (non-hydrogen) atoms. The summed E-state index contributed by atoms with van der Waals surface area (Å²) in [6.07, 6.45) is 5.61. The molecule has 1 aliphatic heterocycles. The molecule has 0 aromatic rings. The van der Waals surface area contributed by atoms with Gasteiger partial charge in [-0.05, 0) is 25.8 Å². The monoisotopic (exact) mass is 198 g/mol. The fourth-order valence-corrected chi connectivity index (χ4v) is 0.883. The van der Waals surface area contributed by atoms with E-state index in [1.54, 1.807) is 0 Å². The van der Waals surface area contributed by atoms with E-state index in [0.717, 1.165) is 18.7 Å². The molecule has 1 rings (SSSR count). The van der Waals surface area contributed by atoms with Crippen LogP contribution >= 0.6 is 0 Å². The molecule has 2 heteroatoms. The maximum absolute atomic E-state index is 4.27. The van der Waals surface area contributed by atoms with Crippen molar-refractivity contribution in [2.45, 2.75) is 53.9 Å². The topological polar surface area (TPSA) is 24.4 Å². The lowest BCUT2D eigenvalue weighted by Crippen LogP contribution is -2.09. The average Bonchev–Trinajstić information content (AvgIpc) is 2.22. The van der Waals surface area contributed by atoms with Crippen molar-refractivity contribution in [1.29, 1.82) is 0 Å². The molecule has 0 atom stereocenters. The Morgan fingerprint density at radius 1 is 1.36 bits per heavy atom. The van der Waals surface area contributed by atoms with Gasteiger partial charge in [0.05, 0.1) is 0 Å². The van der Waals surface area contributed by atoms with Crippen molar-refractivity contribution < 1.29 is 0 Å². The minimum absolute atomic E-state index is 1.01. The second-order valence-corrected chi connectivity index (χ2v) is 2.93. The molecular weight excluding hydrogens is 172 g/mol. The van der Waals surface area contributed by atoms with Gasteiger partial charge in [-0.15, -0.1) is 0 Å². The Balaban J connectivity index is 0. The number of rotatable bonds is 1. The van der Waals surface area contributed by atoms with Crippen molar-refractivity contribution in [3.63, 3.8) is 0 Å². The molecule has 0 amide bonds. The molecule has 0 spiro atoms. The largest absolute Gasteiger partial charge is 0.373 e. The van der Waals surface area contributed by atoms with Crippen LogP contribution in [-0.4, -0.2) is 12.8 Å². The molecule has 0 unspecified atom stereocenters. The molecule has 0 aromatic heterocycles. The molecule has 0 aliphatic carbocycles. The van der Waals surface area contributed by atoms with Crippen LogP contribution in [0.5, 0.6) is 0 Å². The zero-order valence-electron chi connectivity index (χ0n) is 10.6. The third-order valence-electron chi connectivity index (χ3n) is 1.41. The Morgan fingerprint density at radius 2 is 1.86 bits per heavy atom. The fourth-order valence-electron chi connectivity index (χ4n) is 0.883. The van der Waals surface area contributed by atoms with Crippen LogP contribution in [0.1, 0.15) is 53.9 Å². The van der Waals surface area contributed by atoms with E-state index >= 15 is 0 Å². The van der Waals surface area contributed by atoms with Crippen LogP contribution < -0.4 is 5.32 Å². The summed E-state index contributed by atoms with van der Waals surface area (Å²) in [4.78, 5) is 4.27. The summed E-state index contributed by atoms with van der Waals surface area (Å²) in [5, 5.41) is 3.01. The summed E-state index contributed by atoms with van der Waals surface area (Å²) in [6, 6.07) is 0. The second kappa shape index (κ2) is 12.2. The summed E-state index contributed by atoms with van der Waals surface area (Å²) < 4.78 is 0. The van der Waals surface area contributed by atoms with Gasteiger partial charge in [-0.3, -0.25) is 0 Å². The number of allylic oxidation sites excluding steroid dienone is 1. The van der Waals surface area contributed by atoms with E-state index in [-0.39, 0.29) is 0 Å². The molecule has 0 radical (unpaired) electrons. The van der Waals surface area contributed by atoms with Gasteiger partial charge in [0.15, 0.2) is 0 Å². The summed E-state index contributed by atoms with van der Waals surface area (Å²) in [6.45, 7) is 10.3. The minimum atomic E-state index is 1.01. The quantitative estimate of drug-likeness (QED) is 0.682. The van der Waals surface area contributed by atoms with E-state index < -0.39 is 0 Å². The summed E-state index contributed by atoms with van der Waals surface area (Å²) >= 11 is 0. The lowest BCUT2D eigenvalue weighted by molar-refractivity contribution is 0.899. The van der Waals surface area contributed by atoms with Crippen molar-refractivity contribution in [3.05, 3.63) is 11.9 Å². The lowest BCUT2D eigenvalue weighted by atomic mass is 10.2. The van der Waals surface area contributed by atoms with Gasteiger partial charge >= 0.3 is 0 Å². The minimum Gasteiger partial charge on any atom is -0.373 e. The second-order valence-electron chi connectivity index (χ2n) is 2.93. The van der Waals surface area contributed by atoms with Gasteiger partial charge in [-0.25, -0.2) is 4.99 Å². The SMILES string of the molecule is CC.CCC.CNC1=CCCC(C)=N1. The van der Waals surface area contributed by atoms with Gasteiger partial charge in [-0.2, -0.15) is 0 Å². The molecule has 0 saturated heterocycles. The molecule has 1 aliphatic rings. The normalized spacial score (nSPS) is 13.6. The highest BCUT2D eigenvalue weighted by Crippen LogP contribution is 2.06. The zero-order valence-corrected chi connectivity index (χ0v) is 10.6. The Morgan fingerprint density at radius 3 is 2.14 bits per heavy atom. The van der Waals surface area contributed by atoms with Gasteiger partial charge in [0.1, 0.15) is 5.82 Å². The first-order valence-corrected chi connectivity index (χ1v) is 5.66. The molecule has 0 fully saturated rings. The molecular formula is C12H26N2. The van der Waals surface area contributed by atoms with Gasteiger partial charge < -0.3 is 5.32 Å². The van der Waals surface area contributed by atoms with Crippen molar-refractivity contribution in [2.24, 2.45) is 4.99 Å². The first-order valence-electron chi connectivity index (χ1n) is 5.66. The summed E-state index contributed by atoms with van der Waals surface area (Å²) in [5.41, 5.74) is 1.22. The van der Waals surface area contributed by atoms with Gasteiger partial charge in [0, 0.05) is 12.8 Å². The van der Waals surface area contributed by atoms with E-state index in [1.807, 2.05) is 20.9 Å². The molecule has 1 N–H and O–H groups in total. The van der Waals surface area contributed by atoms with Crippen molar-refractivity contribution in [2.75, 3.05) is 7.05 Å². The lowest BCUT2D eigenvalue weighted by Gasteiger charge is -2.07. The average molecular weight is 198 g/mol. The number of nitrogens with zero attached hydrogens (tertiary/aromatic N) is 1. The highest BCUT2D eigenvalue weighted by molar-refractivity contribution is 5.83. The maximum atomic E-state index is 4.27. The predicted octanol–water partition coefficient (Wildman–Crippen LogP) is 3.74. The van der Waals surface area contributed by atoms with Crippen molar-refractivity contribution in [3.8, 4) is 0 Å². The van der Waals surface area contributed by atoms with E-state index in [2.05, 4.69) is 37.2 Å². The van der Waals surface area contributed by atoms with Crippen LogP contribution in [0, 0.1) is 0 Å². The highest BCUT2D eigenvalue weighted by atomic mass is 15.0. The molecule has 0 saturated carbocycles. The zero-order chi connectivity index (χ0) is 11.4. The van der Waals surface area contributed by atoms with E-state index in [9.17, 15) is 0 Å². The van der Waals surface area contributed by atoms with E-state index in [0.29, 0.717) is 0 Å². The number of nitrogens with one attached hydrogen (secondary N) is 1. The van der Waals surface area contributed by atoms with Crippen LogP contribution in [0.25, 0.3) is 0 Å². The standard InChI is InChI=1S/C7H12N2.C3H8.C2H6/c1-6-4-3-5-7(8-2)9-6;1-3-2;1-2/h5,8H,3-4H2,1-2H3;3H2,1-2H3;1-2H3. The Hall–Kier alpha value is -0.790. The predicted molar refractivity (Wildman–Crippen MR) is 66.8 cm³/mol. The van der Waals surface area contributed by atoms with E-state index in [1.165, 1.54) is 12.1 Å². The van der Waals surface area contributed by atoms with Crippen LogP contribution in [0.15, 0.2) is 16.9 Å². The summed E-state index contributed by atoms with van der Waals surface area (Å²) in [7, 11) is 1.90. The maximum Gasteiger partial charge on any atom is 0.121 e. The van der Waals surface area contributed by atoms with E-state index in [4.69, 9.17) is 0 Å². The fraction of sp³-hybridized carbons (Fsp3) is 0.750. The Bertz CT molecular complexity index is 169. The number of hydrogen-bond acceptors (Lipinski definition) is 2. The highest BCUT2D eigenvalue weighted by Gasteiger charge is 1.98. The van der Waals surface area contributed by atoms with Gasteiger partial charge in [0.2, 0.25) is 0 Å². The number of aliphatic imine (C=N–C) groups is 1. The van der Waals surface area contributed by atoms with Crippen molar-refractivity contribution in [1.82, 2.24) is 5.32 Å². The van der Waals surface area contributed by atoms with Crippen LogP contribution in [0.4, 0.5) is 0 Å². The van der Waals surface area contributed by atoms with Gasteiger partial charge in [0.25, 0.3) is 0 Å². The molecule has 0 aromatic carbocycles. The third-order valence-corrected chi connectivity index (χ3v) is 1.41. The Labute approximate surface area is 89.5 Å². The number of hydrogen-bond donors (Lipinski definition) is 1. The molecule has 0 bridgehead atoms. The summed E-state index contributed by atoms with van der Waals surface area (Å²) in [5.74, 6) is 1.01. The van der Waals surface area contributed by atoms with Crippen LogP contribution in [0.3, 0.4) is 0 Å². The van der Waals surface area contributed by atoms with Crippen molar-refractivity contribution >= 4 is 5.71 Å². The molecule has 2 nitrogen and oxygen atoms in total. The van der Waals surface area contributed by atoms with Gasteiger partial charge in [-0.1, -0.05) is 34.1 Å². The Kier molecular flexibility index (Phi) is 13.7. The van der Waals surface area contributed by atoms with Crippen LogP contribution in [-0.2, 0) is 0 Å². The molecule has 84 valence electrons. The third kappa shape index (κ3) is 9.30.